The van der Waals surface area contributed by atoms with Crippen LogP contribution in [0, 0.1) is 12.7 Å². The lowest BCUT2D eigenvalue weighted by Crippen LogP contribution is -2.25. The standard InChI is InChI=1S/C17H15F2N3O/c1-10-8-22-15(7-20-16(22)13-6-14(13)19)17(23)21(10)9-11-3-2-4-12(18)5-11/h2-5,7-8,13-14H,6,9H2,1H3/t13-,14-/m0/s1. The quantitative estimate of drug-likeness (QED) is 0.745. The molecule has 0 unspecified atom stereocenters. The molecule has 0 saturated heterocycles. The molecule has 0 bridgehead atoms. The van der Waals surface area contributed by atoms with Crippen molar-refractivity contribution in [3.05, 3.63) is 69.9 Å². The number of alkyl halides is 1. The molecule has 1 aromatic carbocycles. The van der Waals surface area contributed by atoms with Gasteiger partial charge in [-0.2, -0.15) is 0 Å². The Morgan fingerprint density at radius 2 is 2.17 bits per heavy atom. The normalized spacial score (nSPS) is 20.1. The molecule has 4 nitrogen and oxygen atoms in total. The maximum absolute atomic E-state index is 13.3. The minimum Gasteiger partial charge on any atom is -0.305 e. The molecule has 0 aliphatic heterocycles. The largest absolute Gasteiger partial charge is 0.305 e. The number of benzene rings is 1. The number of fused-ring (bicyclic) bond motifs is 1. The van der Waals surface area contributed by atoms with Crippen LogP contribution in [0.25, 0.3) is 5.52 Å². The number of rotatable bonds is 3. The highest BCUT2D eigenvalue weighted by molar-refractivity contribution is 5.46. The van der Waals surface area contributed by atoms with E-state index >= 15 is 0 Å². The monoisotopic (exact) mass is 315 g/mol. The first-order valence-electron chi connectivity index (χ1n) is 7.50. The number of halogens is 2. The zero-order valence-electron chi connectivity index (χ0n) is 12.5. The molecule has 1 aliphatic rings. The molecule has 3 aromatic rings. The Bertz CT molecular complexity index is 960. The van der Waals surface area contributed by atoms with Gasteiger partial charge in [0, 0.05) is 11.9 Å². The zero-order valence-corrected chi connectivity index (χ0v) is 12.5. The zero-order chi connectivity index (χ0) is 16.1. The fraction of sp³-hybridized carbons (Fsp3) is 0.294. The minimum absolute atomic E-state index is 0.205. The summed E-state index contributed by atoms with van der Waals surface area (Å²) >= 11 is 0. The van der Waals surface area contributed by atoms with Crippen molar-refractivity contribution in [2.45, 2.75) is 32.0 Å². The van der Waals surface area contributed by atoms with Gasteiger partial charge in [0.05, 0.1) is 18.7 Å². The van der Waals surface area contributed by atoms with Crippen molar-refractivity contribution in [2.75, 3.05) is 0 Å². The third kappa shape index (κ3) is 2.34. The molecule has 23 heavy (non-hydrogen) atoms. The molecule has 1 saturated carbocycles. The topological polar surface area (TPSA) is 39.3 Å². The van der Waals surface area contributed by atoms with Gasteiger partial charge < -0.3 is 4.57 Å². The minimum atomic E-state index is -0.865. The fourth-order valence-corrected chi connectivity index (χ4v) is 2.94. The van der Waals surface area contributed by atoms with Crippen LogP contribution in [0.1, 0.15) is 29.4 Å². The van der Waals surface area contributed by atoms with Crippen molar-refractivity contribution in [1.82, 2.24) is 14.0 Å². The van der Waals surface area contributed by atoms with Gasteiger partial charge in [-0.25, -0.2) is 13.8 Å². The van der Waals surface area contributed by atoms with Gasteiger partial charge in [-0.05, 0) is 31.0 Å². The van der Waals surface area contributed by atoms with Gasteiger partial charge in [-0.1, -0.05) is 12.1 Å². The highest BCUT2D eigenvalue weighted by atomic mass is 19.1. The molecule has 0 amide bonds. The van der Waals surface area contributed by atoms with Crippen LogP contribution in [0.4, 0.5) is 8.78 Å². The van der Waals surface area contributed by atoms with Crippen molar-refractivity contribution in [3.63, 3.8) is 0 Å². The Labute approximate surface area is 131 Å². The third-order valence-corrected chi connectivity index (χ3v) is 4.31. The molecule has 2 aromatic heterocycles. The maximum Gasteiger partial charge on any atom is 0.276 e. The van der Waals surface area contributed by atoms with Crippen molar-refractivity contribution >= 4 is 5.52 Å². The van der Waals surface area contributed by atoms with E-state index in [1.165, 1.54) is 18.3 Å². The van der Waals surface area contributed by atoms with Crippen molar-refractivity contribution in [1.29, 1.82) is 0 Å². The van der Waals surface area contributed by atoms with Gasteiger partial charge in [0.2, 0.25) is 0 Å². The Morgan fingerprint density at radius 1 is 1.39 bits per heavy atom. The molecular formula is C17H15F2N3O. The summed E-state index contributed by atoms with van der Waals surface area (Å²) in [4.78, 5) is 16.9. The van der Waals surface area contributed by atoms with E-state index in [9.17, 15) is 13.6 Å². The van der Waals surface area contributed by atoms with E-state index in [1.807, 2.05) is 6.92 Å². The van der Waals surface area contributed by atoms with Gasteiger partial charge in [-0.15, -0.1) is 0 Å². The highest BCUT2D eigenvalue weighted by Gasteiger charge is 2.42. The van der Waals surface area contributed by atoms with Gasteiger partial charge >= 0.3 is 0 Å². The Hall–Kier alpha value is -2.50. The number of aromatic nitrogens is 3. The average molecular weight is 315 g/mol. The SMILES string of the molecule is Cc1cn2c([C@H]3C[C@@H]3F)ncc2c(=O)n1Cc1cccc(F)c1. The second-order valence-corrected chi connectivity index (χ2v) is 6.02. The Kier molecular flexibility index (Phi) is 3.07. The highest BCUT2D eigenvalue weighted by Crippen LogP contribution is 2.42. The van der Waals surface area contributed by atoms with E-state index in [1.54, 1.807) is 27.3 Å². The first-order valence-corrected chi connectivity index (χ1v) is 7.50. The van der Waals surface area contributed by atoms with E-state index in [0.29, 0.717) is 23.3 Å². The second-order valence-electron chi connectivity index (χ2n) is 6.02. The molecular weight excluding hydrogens is 300 g/mol. The van der Waals surface area contributed by atoms with E-state index < -0.39 is 6.17 Å². The molecule has 0 spiro atoms. The summed E-state index contributed by atoms with van der Waals surface area (Å²) in [6.07, 6.45) is 2.88. The third-order valence-electron chi connectivity index (χ3n) is 4.31. The summed E-state index contributed by atoms with van der Waals surface area (Å²) in [6, 6.07) is 6.18. The first-order chi connectivity index (χ1) is 11.0. The van der Waals surface area contributed by atoms with Gasteiger partial charge in [0.25, 0.3) is 5.56 Å². The first kappa shape index (κ1) is 14.1. The van der Waals surface area contributed by atoms with Crippen molar-refractivity contribution < 1.29 is 8.78 Å². The molecule has 118 valence electrons. The van der Waals surface area contributed by atoms with Crippen molar-refractivity contribution in [3.8, 4) is 0 Å². The van der Waals surface area contributed by atoms with Crippen LogP contribution in [0.3, 0.4) is 0 Å². The van der Waals surface area contributed by atoms with E-state index in [-0.39, 0.29) is 23.8 Å². The molecule has 2 heterocycles. The lowest BCUT2D eigenvalue weighted by Gasteiger charge is -2.12. The number of imidazole rings is 1. The summed E-state index contributed by atoms with van der Waals surface area (Å²) < 4.78 is 29.9. The van der Waals surface area contributed by atoms with Crippen LogP contribution in [0.5, 0.6) is 0 Å². The van der Waals surface area contributed by atoms with E-state index in [0.717, 1.165) is 5.69 Å². The number of aryl methyl sites for hydroxylation is 1. The molecule has 4 rings (SSSR count). The van der Waals surface area contributed by atoms with Crippen LogP contribution in [0.2, 0.25) is 0 Å². The summed E-state index contributed by atoms with van der Waals surface area (Å²) in [6.45, 7) is 2.10. The summed E-state index contributed by atoms with van der Waals surface area (Å²) in [7, 11) is 0. The molecule has 6 heteroatoms. The summed E-state index contributed by atoms with van der Waals surface area (Å²) in [5, 5.41) is 0. The predicted molar refractivity (Wildman–Crippen MR) is 81.9 cm³/mol. The van der Waals surface area contributed by atoms with Crippen LogP contribution >= 0.6 is 0 Å². The molecule has 0 radical (unpaired) electrons. The predicted octanol–water partition coefficient (Wildman–Crippen LogP) is 2.82. The summed E-state index contributed by atoms with van der Waals surface area (Å²) in [5.74, 6) is 0.0598. The number of hydrogen-bond acceptors (Lipinski definition) is 2. The van der Waals surface area contributed by atoms with Crippen LogP contribution in [-0.2, 0) is 6.54 Å². The smallest absolute Gasteiger partial charge is 0.276 e. The Balaban J connectivity index is 1.80. The van der Waals surface area contributed by atoms with Crippen LogP contribution < -0.4 is 5.56 Å². The van der Waals surface area contributed by atoms with Crippen LogP contribution in [-0.4, -0.2) is 20.1 Å². The van der Waals surface area contributed by atoms with E-state index in [4.69, 9.17) is 0 Å². The number of hydrogen-bond donors (Lipinski definition) is 0. The van der Waals surface area contributed by atoms with Crippen LogP contribution in [0.15, 0.2) is 41.5 Å². The maximum atomic E-state index is 13.3. The van der Waals surface area contributed by atoms with Gasteiger partial charge in [0.15, 0.2) is 0 Å². The second kappa shape index (κ2) is 5.01. The molecule has 1 aliphatic carbocycles. The Morgan fingerprint density at radius 3 is 2.87 bits per heavy atom. The number of nitrogens with zero attached hydrogens (tertiary/aromatic N) is 3. The lowest BCUT2D eigenvalue weighted by molar-refractivity contribution is 0.464. The summed E-state index contributed by atoms with van der Waals surface area (Å²) in [5.41, 5.74) is 1.65. The molecule has 0 N–H and O–H groups in total. The lowest BCUT2D eigenvalue weighted by atomic mass is 10.2. The van der Waals surface area contributed by atoms with Gasteiger partial charge in [0.1, 0.15) is 23.3 Å². The van der Waals surface area contributed by atoms with Gasteiger partial charge in [-0.3, -0.25) is 9.20 Å². The van der Waals surface area contributed by atoms with Crippen molar-refractivity contribution in [2.24, 2.45) is 0 Å². The fourth-order valence-electron chi connectivity index (χ4n) is 2.94. The molecule has 1 fully saturated rings. The molecule has 2 atom stereocenters. The average Bonchev–Trinajstić information content (AvgIpc) is 3.07. The van der Waals surface area contributed by atoms with E-state index in [2.05, 4.69) is 4.98 Å².